The molecule has 1 fully saturated rings. The van der Waals surface area contributed by atoms with Crippen molar-refractivity contribution in [1.29, 1.82) is 0 Å². The Morgan fingerprint density at radius 1 is 1.20 bits per heavy atom. The van der Waals surface area contributed by atoms with E-state index in [0.717, 1.165) is 49.7 Å². The van der Waals surface area contributed by atoms with Crippen molar-refractivity contribution in [2.75, 3.05) is 11.9 Å². The van der Waals surface area contributed by atoms with E-state index in [9.17, 15) is 18.0 Å². The smallest absolute Gasteiger partial charge is 0.370 e. The molecule has 1 aromatic heterocycles. The van der Waals surface area contributed by atoms with Gasteiger partial charge < -0.3 is 10.6 Å². The van der Waals surface area contributed by atoms with Crippen LogP contribution in [0.1, 0.15) is 47.2 Å². The zero-order valence-electron chi connectivity index (χ0n) is 16.3. The molecule has 1 aliphatic carbocycles. The van der Waals surface area contributed by atoms with E-state index in [2.05, 4.69) is 15.6 Å². The highest BCUT2D eigenvalue weighted by Crippen LogP contribution is 2.36. The van der Waals surface area contributed by atoms with E-state index in [-0.39, 0.29) is 11.6 Å². The number of hydrogen-bond acceptors (Lipinski definition) is 3. The van der Waals surface area contributed by atoms with Gasteiger partial charge in [0, 0.05) is 18.8 Å². The number of hydrogen-bond donors (Lipinski definition) is 2. The first-order valence-corrected chi connectivity index (χ1v) is 10.4. The molecule has 162 valence electrons. The molecule has 0 unspecified atom stereocenters. The minimum atomic E-state index is -4.60. The standard InChI is InChI=1S/C21H22Cl2F3N3O/c1-12-9-18(28-11-17(12)22)27-10-13-5-7-14(8-6-13)29-20(30)15-3-2-4-16(19(15)23)21(24,25)26/h2-4,9,11,13-14H,5-8,10H2,1H3,(H,27,28)(H,29,30). The number of carbonyl (C=O) groups is 1. The van der Waals surface area contributed by atoms with Crippen LogP contribution >= 0.6 is 23.2 Å². The van der Waals surface area contributed by atoms with Crippen LogP contribution in [0.3, 0.4) is 0 Å². The number of carbonyl (C=O) groups excluding carboxylic acids is 1. The Morgan fingerprint density at radius 3 is 2.53 bits per heavy atom. The van der Waals surface area contributed by atoms with Gasteiger partial charge in [0.05, 0.1) is 21.2 Å². The fourth-order valence-corrected chi connectivity index (χ4v) is 4.01. The van der Waals surface area contributed by atoms with Gasteiger partial charge in [-0.3, -0.25) is 4.79 Å². The summed E-state index contributed by atoms with van der Waals surface area (Å²) in [5.41, 5.74) is -0.203. The maximum absolute atomic E-state index is 13.0. The van der Waals surface area contributed by atoms with Crippen LogP contribution in [0, 0.1) is 12.8 Å². The molecular formula is C21H22Cl2F3N3O. The van der Waals surface area contributed by atoms with Gasteiger partial charge in [-0.1, -0.05) is 29.3 Å². The Kier molecular flexibility index (Phi) is 7.14. The van der Waals surface area contributed by atoms with Crippen LogP contribution < -0.4 is 10.6 Å². The van der Waals surface area contributed by atoms with Crippen LogP contribution in [0.25, 0.3) is 0 Å². The molecule has 0 atom stereocenters. The average Bonchev–Trinajstić information content (AvgIpc) is 2.69. The van der Waals surface area contributed by atoms with Crippen molar-refractivity contribution in [1.82, 2.24) is 10.3 Å². The van der Waals surface area contributed by atoms with Crippen LogP contribution in [0.5, 0.6) is 0 Å². The molecule has 30 heavy (non-hydrogen) atoms. The number of amides is 1. The summed E-state index contributed by atoms with van der Waals surface area (Å²) in [4.78, 5) is 16.7. The van der Waals surface area contributed by atoms with Crippen LogP contribution in [0.4, 0.5) is 19.0 Å². The number of aromatic nitrogens is 1. The maximum Gasteiger partial charge on any atom is 0.417 e. The van der Waals surface area contributed by atoms with E-state index in [1.54, 1.807) is 6.20 Å². The Balaban J connectivity index is 1.51. The van der Waals surface area contributed by atoms with Gasteiger partial charge in [-0.15, -0.1) is 0 Å². The van der Waals surface area contributed by atoms with Gasteiger partial charge in [0.1, 0.15) is 5.82 Å². The lowest BCUT2D eigenvalue weighted by Crippen LogP contribution is -2.38. The lowest BCUT2D eigenvalue weighted by Gasteiger charge is -2.29. The van der Waals surface area contributed by atoms with E-state index >= 15 is 0 Å². The van der Waals surface area contributed by atoms with Crippen molar-refractivity contribution in [3.63, 3.8) is 0 Å². The summed E-state index contributed by atoms with van der Waals surface area (Å²) >= 11 is 11.8. The molecule has 1 aromatic carbocycles. The van der Waals surface area contributed by atoms with Gasteiger partial charge >= 0.3 is 6.18 Å². The summed E-state index contributed by atoms with van der Waals surface area (Å²) in [6.07, 6.45) is 0.297. The van der Waals surface area contributed by atoms with Gasteiger partial charge in [-0.2, -0.15) is 13.2 Å². The van der Waals surface area contributed by atoms with Crippen LogP contribution in [-0.2, 0) is 6.18 Å². The molecule has 2 aromatic rings. The summed E-state index contributed by atoms with van der Waals surface area (Å²) in [7, 11) is 0. The Morgan fingerprint density at radius 2 is 1.90 bits per heavy atom. The number of anilines is 1. The second-order valence-electron chi connectivity index (χ2n) is 7.56. The van der Waals surface area contributed by atoms with E-state index < -0.39 is 22.7 Å². The van der Waals surface area contributed by atoms with E-state index in [0.29, 0.717) is 10.9 Å². The molecule has 3 rings (SSSR count). The first-order chi connectivity index (χ1) is 14.1. The predicted octanol–water partition coefficient (Wildman–Crippen LogP) is 6.12. The molecule has 9 heteroatoms. The predicted molar refractivity (Wildman–Crippen MR) is 112 cm³/mol. The molecule has 0 spiro atoms. The average molecular weight is 460 g/mol. The normalized spacial score (nSPS) is 19.4. The van der Waals surface area contributed by atoms with Crippen molar-refractivity contribution < 1.29 is 18.0 Å². The first kappa shape index (κ1) is 22.7. The van der Waals surface area contributed by atoms with Gasteiger partial charge in [-0.25, -0.2) is 4.98 Å². The molecule has 1 saturated carbocycles. The SMILES string of the molecule is Cc1cc(NCC2CCC(NC(=O)c3cccc(C(F)(F)F)c3Cl)CC2)ncc1Cl. The number of nitrogens with one attached hydrogen (secondary N) is 2. The zero-order chi connectivity index (χ0) is 21.9. The monoisotopic (exact) mass is 459 g/mol. The molecule has 2 N–H and O–H groups in total. The molecule has 1 amide bonds. The largest absolute Gasteiger partial charge is 0.417 e. The summed E-state index contributed by atoms with van der Waals surface area (Å²) in [5.74, 6) is 0.619. The van der Waals surface area contributed by atoms with Crippen molar-refractivity contribution in [2.24, 2.45) is 5.92 Å². The minimum absolute atomic E-state index is 0.0877. The van der Waals surface area contributed by atoms with Crippen molar-refractivity contribution in [2.45, 2.75) is 44.8 Å². The molecule has 1 heterocycles. The van der Waals surface area contributed by atoms with Crippen LogP contribution in [0.2, 0.25) is 10.0 Å². The zero-order valence-corrected chi connectivity index (χ0v) is 17.8. The number of alkyl halides is 3. The summed E-state index contributed by atoms with van der Waals surface area (Å²) in [6.45, 7) is 2.67. The van der Waals surface area contributed by atoms with Gasteiger partial charge in [0.25, 0.3) is 5.91 Å². The third-order valence-corrected chi connectivity index (χ3v) is 6.15. The van der Waals surface area contributed by atoms with Crippen molar-refractivity contribution >= 4 is 34.9 Å². The Labute approximate surface area is 183 Å². The number of rotatable bonds is 5. The molecule has 0 bridgehead atoms. The molecule has 1 aliphatic rings. The fourth-order valence-electron chi connectivity index (χ4n) is 3.59. The van der Waals surface area contributed by atoms with Crippen molar-refractivity contribution in [3.8, 4) is 0 Å². The lowest BCUT2D eigenvalue weighted by atomic mass is 9.86. The van der Waals surface area contributed by atoms with Gasteiger partial charge in [-0.05, 0) is 62.3 Å². The molecule has 0 aliphatic heterocycles. The van der Waals surface area contributed by atoms with E-state index in [1.807, 2.05) is 13.0 Å². The highest BCUT2D eigenvalue weighted by atomic mass is 35.5. The number of nitrogens with zero attached hydrogens (tertiary/aromatic N) is 1. The number of benzene rings is 1. The van der Waals surface area contributed by atoms with Crippen molar-refractivity contribution in [3.05, 3.63) is 57.2 Å². The highest BCUT2D eigenvalue weighted by molar-refractivity contribution is 6.34. The quantitative estimate of drug-likeness (QED) is 0.566. The van der Waals surface area contributed by atoms with Crippen LogP contribution in [0.15, 0.2) is 30.5 Å². The summed E-state index contributed by atoms with van der Waals surface area (Å²) < 4.78 is 39.0. The summed E-state index contributed by atoms with van der Waals surface area (Å²) in [6, 6.07) is 5.18. The Bertz CT molecular complexity index is 913. The van der Waals surface area contributed by atoms with E-state index in [1.165, 1.54) is 12.1 Å². The third kappa shape index (κ3) is 5.58. The van der Waals surface area contributed by atoms with E-state index in [4.69, 9.17) is 23.2 Å². The molecule has 0 radical (unpaired) electrons. The van der Waals surface area contributed by atoms with Crippen LogP contribution in [-0.4, -0.2) is 23.5 Å². The second-order valence-corrected chi connectivity index (χ2v) is 8.34. The Hall–Kier alpha value is -1.99. The first-order valence-electron chi connectivity index (χ1n) is 9.67. The summed E-state index contributed by atoms with van der Waals surface area (Å²) in [5, 5.41) is 6.19. The minimum Gasteiger partial charge on any atom is -0.370 e. The maximum atomic E-state index is 13.0. The fraction of sp³-hybridized carbons (Fsp3) is 0.429. The number of aryl methyl sites for hydroxylation is 1. The number of pyridine rings is 1. The molecular weight excluding hydrogens is 438 g/mol. The lowest BCUT2D eigenvalue weighted by molar-refractivity contribution is -0.137. The second kappa shape index (κ2) is 9.43. The topological polar surface area (TPSA) is 54.0 Å². The molecule has 0 saturated heterocycles. The van der Waals surface area contributed by atoms with Gasteiger partial charge in [0.15, 0.2) is 0 Å². The van der Waals surface area contributed by atoms with Gasteiger partial charge in [0.2, 0.25) is 0 Å². The highest BCUT2D eigenvalue weighted by Gasteiger charge is 2.35. The number of halogens is 5. The molecule has 4 nitrogen and oxygen atoms in total. The third-order valence-electron chi connectivity index (χ3n) is 5.35.